The molecular weight excluding hydrogens is 298 g/mol. The van der Waals surface area contributed by atoms with E-state index in [-0.39, 0.29) is 5.91 Å². The quantitative estimate of drug-likeness (QED) is 0.733. The van der Waals surface area contributed by atoms with Gasteiger partial charge in [-0.3, -0.25) is 4.79 Å². The molecule has 0 saturated heterocycles. The molecular formula is C20H19N3O. The summed E-state index contributed by atoms with van der Waals surface area (Å²) in [7, 11) is 0. The summed E-state index contributed by atoms with van der Waals surface area (Å²) in [4.78, 5) is 16.6. The molecule has 0 unspecified atom stereocenters. The topological polar surface area (TPSA) is 54.0 Å². The summed E-state index contributed by atoms with van der Waals surface area (Å²) in [6.07, 6.45) is 1.65. The summed E-state index contributed by atoms with van der Waals surface area (Å²) >= 11 is 0. The van der Waals surface area contributed by atoms with Crippen molar-refractivity contribution >= 4 is 23.1 Å². The van der Waals surface area contributed by atoms with Gasteiger partial charge in [-0.25, -0.2) is 4.98 Å². The first-order valence-electron chi connectivity index (χ1n) is 7.78. The minimum absolute atomic E-state index is 0.130. The maximum absolute atomic E-state index is 12.3. The van der Waals surface area contributed by atoms with Crippen LogP contribution >= 0.6 is 0 Å². The van der Waals surface area contributed by atoms with Gasteiger partial charge in [-0.1, -0.05) is 35.9 Å². The highest BCUT2D eigenvalue weighted by atomic mass is 16.1. The summed E-state index contributed by atoms with van der Waals surface area (Å²) in [5.41, 5.74) is 4.46. The van der Waals surface area contributed by atoms with E-state index in [0.29, 0.717) is 11.3 Å². The van der Waals surface area contributed by atoms with Crippen LogP contribution in [0.15, 0.2) is 66.9 Å². The smallest absolute Gasteiger partial charge is 0.255 e. The molecule has 3 aromatic rings. The molecule has 0 bridgehead atoms. The highest BCUT2D eigenvalue weighted by Gasteiger charge is 2.08. The van der Waals surface area contributed by atoms with E-state index in [1.54, 1.807) is 6.20 Å². The van der Waals surface area contributed by atoms with Gasteiger partial charge >= 0.3 is 0 Å². The van der Waals surface area contributed by atoms with Crippen LogP contribution in [-0.2, 0) is 0 Å². The van der Waals surface area contributed by atoms with Gasteiger partial charge in [-0.15, -0.1) is 0 Å². The van der Waals surface area contributed by atoms with Crippen LogP contribution < -0.4 is 10.6 Å². The Morgan fingerprint density at radius 3 is 2.25 bits per heavy atom. The van der Waals surface area contributed by atoms with Gasteiger partial charge in [0.1, 0.15) is 5.82 Å². The average Bonchev–Trinajstić information content (AvgIpc) is 2.59. The van der Waals surface area contributed by atoms with Gasteiger partial charge in [-0.2, -0.15) is 0 Å². The Balaban J connectivity index is 1.67. The summed E-state index contributed by atoms with van der Waals surface area (Å²) in [5, 5.41) is 6.10. The number of nitrogens with zero attached hydrogens (tertiary/aromatic N) is 1. The van der Waals surface area contributed by atoms with Crippen molar-refractivity contribution in [2.24, 2.45) is 0 Å². The number of pyridine rings is 1. The highest BCUT2D eigenvalue weighted by molar-refractivity contribution is 6.05. The number of carbonyl (C=O) groups is 1. The van der Waals surface area contributed by atoms with E-state index in [2.05, 4.69) is 15.6 Å². The molecule has 0 aliphatic carbocycles. The van der Waals surface area contributed by atoms with Crippen molar-refractivity contribution in [3.05, 3.63) is 83.6 Å². The summed E-state index contributed by atoms with van der Waals surface area (Å²) < 4.78 is 0. The fraction of sp³-hybridized carbons (Fsp3) is 0.100. The number of rotatable bonds is 4. The Bertz CT molecular complexity index is 840. The van der Waals surface area contributed by atoms with Gasteiger partial charge in [-0.05, 0) is 49.7 Å². The van der Waals surface area contributed by atoms with E-state index in [1.807, 2.05) is 74.5 Å². The zero-order valence-corrected chi connectivity index (χ0v) is 13.7. The van der Waals surface area contributed by atoms with Gasteiger partial charge in [0.15, 0.2) is 0 Å². The number of amides is 1. The van der Waals surface area contributed by atoms with Crippen molar-refractivity contribution in [1.82, 2.24) is 4.98 Å². The molecule has 1 amide bonds. The minimum atomic E-state index is -0.130. The highest BCUT2D eigenvalue weighted by Crippen LogP contribution is 2.17. The molecule has 1 aromatic heterocycles. The number of hydrogen-bond acceptors (Lipinski definition) is 3. The largest absolute Gasteiger partial charge is 0.340 e. The van der Waals surface area contributed by atoms with Crippen LogP contribution in [0, 0.1) is 13.8 Å². The molecule has 24 heavy (non-hydrogen) atoms. The second-order valence-corrected chi connectivity index (χ2v) is 5.69. The maximum Gasteiger partial charge on any atom is 0.255 e. The number of aromatic nitrogens is 1. The Hall–Kier alpha value is -3.14. The fourth-order valence-corrected chi connectivity index (χ4v) is 2.35. The van der Waals surface area contributed by atoms with Crippen molar-refractivity contribution in [3.8, 4) is 0 Å². The number of aryl methyl sites for hydroxylation is 2. The lowest BCUT2D eigenvalue weighted by molar-refractivity contribution is 0.102. The van der Waals surface area contributed by atoms with Gasteiger partial charge in [0.2, 0.25) is 0 Å². The van der Waals surface area contributed by atoms with Crippen LogP contribution in [0.3, 0.4) is 0 Å². The lowest BCUT2D eigenvalue weighted by Crippen LogP contribution is -2.13. The molecule has 2 N–H and O–H groups in total. The van der Waals surface area contributed by atoms with Crippen LogP contribution in [0.25, 0.3) is 0 Å². The molecule has 3 rings (SSSR count). The van der Waals surface area contributed by atoms with E-state index in [0.717, 1.165) is 17.1 Å². The molecule has 0 aliphatic heterocycles. The Kier molecular flexibility index (Phi) is 4.57. The normalized spacial score (nSPS) is 10.2. The molecule has 4 nitrogen and oxygen atoms in total. The Morgan fingerprint density at radius 1 is 0.875 bits per heavy atom. The van der Waals surface area contributed by atoms with E-state index < -0.39 is 0 Å². The Labute approximate surface area is 141 Å². The van der Waals surface area contributed by atoms with E-state index >= 15 is 0 Å². The monoisotopic (exact) mass is 317 g/mol. The molecule has 0 atom stereocenters. The number of benzene rings is 2. The number of nitrogens with one attached hydrogen (secondary N) is 2. The van der Waals surface area contributed by atoms with Gasteiger partial charge in [0.05, 0.1) is 11.9 Å². The van der Waals surface area contributed by atoms with Crippen LogP contribution in [0.1, 0.15) is 21.5 Å². The maximum atomic E-state index is 12.3. The van der Waals surface area contributed by atoms with Crippen molar-refractivity contribution in [2.45, 2.75) is 13.8 Å². The number of anilines is 3. The van der Waals surface area contributed by atoms with Crippen LogP contribution in [0.2, 0.25) is 0 Å². The van der Waals surface area contributed by atoms with Crippen molar-refractivity contribution in [1.29, 1.82) is 0 Å². The first-order valence-corrected chi connectivity index (χ1v) is 7.78. The SMILES string of the molecule is Cc1ccc(Nc2ccc(NC(=O)c3ccccc3C)cn2)cc1. The first kappa shape index (κ1) is 15.7. The first-order chi connectivity index (χ1) is 11.6. The molecule has 0 spiro atoms. The van der Waals surface area contributed by atoms with Crippen LogP contribution in [0.5, 0.6) is 0 Å². The fourth-order valence-electron chi connectivity index (χ4n) is 2.35. The third kappa shape index (κ3) is 3.79. The zero-order chi connectivity index (χ0) is 16.9. The standard InChI is InChI=1S/C20H19N3O/c1-14-7-9-16(10-8-14)22-19-12-11-17(13-21-19)23-20(24)18-6-4-3-5-15(18)2/h3-13H,1-2H3,(H,21,22)(H,23,24). The molecule has 2 aromatic carbocycles. The molecule has 120 valence electrons. The van der Waals surface area contributed by atoms with E-state index in [1.165, 1.54) is 5.56 Å². The van der Waals surface area contributed by atoms with E-state index in [9.17, 15) is 4.79 Å². The molecule has 0 aliphatic rings. The minimum Gasteiger partial charge on any atom is -0.340 e. The van der Waals surface area contributed by atoms with Gasteiger partial charge in [0.25, 0.3) is 5.91 Å². The molecule has 4 heteroatoms. The predicted molar refractivity (Wildman–Crippen MR) is 97.8 cm³/mol. The number of hydrogen-bond donors (Lipinski definition) is 2. The third-order valence-corrected chi connectivity index (χ3v) is 3.74. The zero-order valence-electron chi connectivity index (χ0n) is 13.7. The van der Waals surface area contributed by atoms with Gasteiger partial charge < -0.3 is 10.6 Å². The second kappa shape index (κ2) is 6.96. The predicted octanol–water partition coefficient (Wildman–Crippen LogP) is 4.69. The van der Waals surface area contributed by atoms with Crippen LogP contribution in [0.4, 0.5) is 17.2 Å². The molecule has 0 radical (unpaired) electrons. The second-order valence-electron chi connectivity index (χ2n) is 5.69. The van der Waals surface area contributed by atoms with E-state index in [4.69, 9.17) is 0 Å². The summed E-state index contributed by atoms with van der Waals surface area (Å²) in [5.74, 6) is 0.599. The lowest BCUT2D eigenvalue weighted by atomic mass is 10.1. The number of carbonyl (C=O) groups excluding carboxylic acids is 1. The summed E-state index contributed by atoms with van der Waals surface area (Å²) in [6.45, 7) is 3.97. The van der Waals surface area contributed by atoms with Crippen molar-refractivity contribution in [3.63, 3.8) is 0 Å². The molecule has 0 fully saturated rings. The van der Waals surface area contributed by atoms with Crippen LogP contribution in [-0.4, -0.2) is 10.9 Å². The summed E-state index contributed by atoms with van der Waals surface area (Å²) in [6, 6.07) is 19.3. The van der Waals surface area contributed by atoms with Gasteiger partial charge in [0, 0.05) is 11.3 Å². The molecule has 1 heterocycles. The van der Waals surface area contributed by atoms with Crippen molar-refractivity contribution in [2.75, 3.05) is 10.6 Å². The van der Waals surface area contributed by atoms with Crippen molar-refractivity contribution < 1.29 is 4.79 Å². The average molecular weight is 317 g/mol. The Morgan fingerprint density at radius 2 is 1.58 bits per heavy atom. The third-order valence-electron chi connectivity index (χ3n) is 3.74. The lowest BCUT2D eigenvalue weighted by Gasteiger charge is -2.09. The molecule has 0 saturated carbocycles.